The number of likely N-dealkylation sites (tertiary alicyclic amines) is 1. The number of benzene rings is 1. The number of hydrogen-bond acceptors (Lipinski definition) is 7. The molecule has 1 aromatic carbocycles. The van der Waals surface area contributed by atoms with Crippen molar-refractivity contribution in [1.82, 2.24) is 9.62 Å². The Morgan fingerprint density at radius 2 is 1.78 bits per heavy atom. The van der Waals surface area contributed by atoms with Crippen molar-refractivity contribution in [3.63, 3.8) is 0 Å². The summed E-state index contributed by atoms with van der Waals surface area (Å²) in [5, 5.41) is 1.99. The fraction of sp³-hybridized carbons (Fsp3) is 0.476. The minimum Gasteiger partial charge on any atom is -0.294 e. The second-order valence-electron chi connectivity index (χ2n) is 8.83. The van der Waals surface area contributed by atoms with Gasteiger partial charge in [0, 0.05) is 11.4 Å². The first-order chi connectivity index (χ1) is 15.0. The van der Waals surface area contributed by atoms with Crippen molar-refractivity contribution in [3.8, 4) is 0 Å². The Kier molecular flexibility index (Phi) is 6.23. The van der Waals surface area contributed by atoms with Crippen LogP contribution in [0.15, 0.2) is 46.7 Å². The number of anilines is 1. The second-order valence-corrected chi connectivity index (χ2v) is 13.4. The molecule has 1 aromatic heterocycles. The van der Waals surface area contributed by atoms with Gasteiger partial charge < -0.3 is 0 Å². The van der Waals surface area contributed by atoms with E-state index < -0.39 is 31.4 Å². The van der Waals surface area contributed by atoms with Gasteiger partial charge in [-0.3, -0.25) is 9.69 Å². The van der Waals surface area contributed by atoms with Gasteiger partial charge in [-0.15, -0.1) is 11.3 Å². The molecule has 2 saturated heterocycles. The van der Waals surface area contributed by atoms with Gasteiger partial charge in [0.15, 0.2) is 0 Å². The van der Waals surface area contributed by atoms with Gasteiger partial charge in [-0.05, 0) is 75.5 Å². The molecule has 2 fully saturated rings. The number of nitrogens with zero attached hydrogens (tertiary/aromatic N) is 2. The van der Waals surface area contributed by atoms with Gasteiger partial charge in [-0.25, -0.2) is 25.9 Å². The van der Waals surface area contributed by atoms with Crippen LogP contribution in [0, 0.1) is 5.41 Å². The van der Waals surface area contributed by atoms with E-state index in [2.05, 4.69) is 9.62 Å². The molecular weight excluding hydrogens is 470 g/mol. The van der Waals surface area contributed by atoms with Crippen LogP contribution in [0.25, 0.3) is 0 Å². The highest BCUT2D eigenvalue weighted by Crippen LogP contribution is 2.36. The molecule has 0 aliphatic carbocycles. The zero-order valence-electron chi connectivity index (χ0n) is 18.0. The highest BCUT2D eigenvalue weighted by molar-refractivity contribution is 7.94. The first-order valence-electron chi connectivity index (χ1n) is 10.5. The summed E-state index contributed by atoms with van der Waals surface area (Å²) in [6, 6.07) is 9.35. The lowest BCUT2D eigenvalue weighted by atomic mass is 9.95. The number of carbonyl (C=O) groups excluding carboxylic acids is 1. The summed E-state index contributed by atoms with van der Waals surface area (Å²) in [5.74, 6) is -0.795. The number of carbonyl (C=O) groups is 1. The summed E-state index contributed by atoms with van der Waals surface area (Å²) in [4.78, 5) is 16.0. The largest absolute Gasteiger partial charge is 0.294 e. The lowest BCUT2D eigenvalue weighted by Gasteiger charge is -2.26. The van der Waals surface area contributed by atoms with Gasteiger partial charge in [0.05, 0.1) is 27.8 Å². The van der Waals surface area contributed by atoms with Gasteiger partial charge in [0.2, 0.25) is 26.0 Å². The van der Waals surface area contributed by atoms with Crippen molar-refractivity contribution < 1.29 is 21.6 Å². The monoisotopic (exact) mass is 497 g/mol. The molecule has 1 N–H and O–H groups in total. The molecule has 4 rings (SSSR count). The van der Waals surface area contributed by atoms with E-state index in [-0.39, 0.29) is 28.9 Å². The molecule has 1 atom stereocenters. The highest BCUT2D eigenvalue weighted by atomic mass is 32.2. The molecule has 0 spiro atoms. The van der Waals surface area contributed by atoms with Crippen molar-refractivity contribution in [2.24, 2.45) is 5.41 Å². The van der Waals surface area contributed by atoms with Crippen LogP contribution in [0.1, 0.15) is 37.6 Å². The van der Waals surface area contributed by atoms with Crippen LogP contribution < -0.4 is 9.03 Å². The number of amides is 1. The van der Waals surface area contributed by atoms with Gasteiger partial charge in [-0.1, -0.05) is 6.07 Å². The highest BCUT2D eigenvalue weighted by Gasteiger charge is 2.49. The summed E-state index contributed by atoms with van der Waals surface area (Å²) in [6.45, 7) is 5.29. The Hall–Kier alpha value is -1.79. The first-order valence-corrected chi connectivity index (χ1v) is 14.4. The summed E-state index contributed by atoms with van der Waals surface area (Å²) in [7, 11) is -7.59. The number of nitrogens with one attached hydrogen (secondary N) is 1. The number of rotatable bonds is 7. The molecule has 0 radical (unpaired) electrons. The second kappa shape index (κ2) is 8.53. The standard InChI is InChI=1S/C21H27N3O5S3/c1-21(2)15-31(26,27)24(20(21)25)16-7-9-17(10-8-16)32(28,29)22-14-18(19-6-5-13-30-19)23-11-3-4-12-23/h5-10,13,18,22H,3-4,11-12,14-15H2,1-2H3. The molecule has 1 amide bonds. The SMILES string of the molecule is CC1(C)CS(=O)(=O)N(c2ccc(S(=O)(=O)NCC(c3cccs3)N3CCCC3)cc2)C1=O. The number of sulfonamides is 2. The predicted octanol–water partition coefficient (Wildman–Crippen LogP) is 2.57. The van der Waals surface area contributed by atoms with E-state index >= 15 is 0 Å². The predicted molar refractivity (Wildman–Crippen MR) is 125 cm³/mol. The third kappa shape index (κ3) is 4.49. The zero-order valence-corrected chi connectivity index (χ0v) is 20.5. The van der Waals surface area contributed by atoms with E-state index in [1.54, 1.807) is 25.2 Å². The van der Waals surface area contributed by atoms with Crippen molar-refractivity contribution in [2.45, 2.75) is 37.6 Å². The number of hydrogen-bond donors (Lipinski definition) is 1. The average Bonchev–Trinajstić information content (AvgIpc) is 3.44. The smallest absolute Gasteiger partial charge is 0.247 e. The van der Waals surface area contributed by atoms with E-state index in [1.165, 1.54) is 24.3 Å². The molecular formula is C21H27N3O5S3. The van der Waals surface area contributed by atoms with Crippen LogP contribution in [-0.4, -0.2) is 53.0 Å². The Balaban J connectivity index is 1.51. The van der Waals surface area contributed by atoms with Crippen molar-refractivity contribution >= 4 is 43.0 Å². The normalized spacial score (nSPS) is 21.8. The molecule has 3 heterocycles. The minimum atomic E-state index is -3.81. The van der Waals surface area contributed by atoms with E-state index in [0.717, 1.165) is 35.1 Å². The summed E-state index contributed by atoms with van der Waals surface area (Å²) in [5.41, 5.74) is -0.870. The first kappa shape index (κ1) is 23.4. The quantitative estimate of drug-likeness (QED) is 0.631. The molecule has 2 aromatic rings. The summed E-state index contributed by atoms with van der Waals surface area (Å²) in [6.07, 6.45) is 2.20. The van der Waals surface area contributed by atoms with Crippen molar-refractivity contribution in [1.29, 1.82) is 0 Å². The van der Waals surface area contributed by atoms with Crippen LogP contribution in [-0.2, 0) is 24.8 Å². The van der Waals surface area contributed by atoms with Crippen LogP contribution in [0.4, 0.5) is 5.69 Å². The molecule has 11 heteroatoms. The Morgan fingerprint density at radius 1 is 1.12 bits per heavy atom. The van der Waals surface area contributed by atoms with Gasteiger partial charge in [0.1, 0.15) is 0 Å². The molecule has 1 unspecified atom stereocenters. The lowest BCUT2D eigenvalue weighted by Crippen LogP contribution is -2.36. The molecule has 2 aliphatic rings. The Morgan fingerprint density at radius 3 is 2.31 bits per heavy atom. The van der Waals surface area contributed by atoms with Crippen LogP contribution >= 0.6 is 11.3 Å². The molecule has 2 aliphatic heterocycles. The van der Waals surface area contributed by atoms with E-state index in [1.807, 2.05) is 17.5 Å². The van der Waals surface area contributed by atoms with Gasteiger partial charge in [0.25, 0.3) is 0 Å². The number of thiophene rings is 1. The van der Waals surface area contributed by atoms with Crippen molar-refractivity contribution in [2.75, 3.05) is 29.7 Å². The topological polar surface area (TPSA) is 104 Å². The molecule has 0 saturated carbocycles. The van der Waals surface area contributed by atoms with Crippen LogP contribution in [0.5, 0.6) is 0 Å². The fourth-order valence-corrected chi connectivity index (χ4v) is 8.24. The van der Waals surface area contributed by atoms with Crippen molar-refractivity contribution in [3.05, 3.63) is 46.7 Å². The molecule has 174 valence electrons. The third-order valence-electron chi connectivity index (χ3n) is 5.89. The maximum absolute atomic E-state index is 12.9. The van der Waals surface area contributed by atoms with E-state index in [9.17, 15) is 21.6 Å². The summed E-state index contributed by atoms with van der Waals surface area (Å²) >= 11 is 1.61. The van der Waals surface area contributed by atoms with E-state index in [4.69, 9.17) is 0 Å². The van der Waals surface area contributed by atoms with Crippen LogP contribution in [0.3, 0.4) is 0 Å². The summed E-state index contributed by atoms with van der Waals surface area (Å²) < 4.78 is 54.2. The van der Waals surface area contributed by atoms with Gasteiger partial charge in [-0.2, -0.15) is 0 Å². The molecule has 0 bridgehead atoms. The van der Waals surface area contributed by atoms with Crippen LogP contribution in [0.2, 0.25) is 0 Å². The Bertz CT molecular complexity index is 1180. The third-order valence-corrected chi connectivity index (χ3v) is 10.3. The van der Waals surface area contributed by atoms with E-state index in [0.29, 0.717) is 0 Å². The molecule has 32 heavy (non-hydrogen) atoms. The Labute approximate surface area is 193 Å². The zero-order chi connectivity index (χ0) is 23.1. The fourth-order valence-electron chi connectivity index (χ4n) is 4.24. The van der Waals surface area contributed by atoms with Gasteiger partial charge >= 0.3 is 0 Å². The minimum absolute atomic E-state index is 0.0240. The lowest BCUT2D eigenvalue weighted by molar-refractivity contribution is -0.123. The average molecular weight is 498 g/mol. The maximum atomic E-state index is 12.9. The maximum Gasteiger partial charge on any atom is 0.247 e. The molecule has 8 nitrogen and oxygen atoms in total.